The number of amides is 1. The van der Waals surface area contributed by atoms with Crippen molar-refractivity contribution in [3.8, 4) is 5.75 Å². The van der Waals surface area contributed by atoms with Crippen molar-refractivity contribution in [3.05, 3.63) is 29.8 Å². The summed E-state index contributed by atoms with van der Waals surface area (Å²) in [6, 6.07) is 7.06. The zero-order valence-electron chi connectivity index (χ0n) is 12.7. The molecule has 1 saturated heterocycles. The third-order valence-corrected chi connectivity index (χ3v) is 3.88. The summed E-state index contributed by atoms with van der Waals surface area (Å²) in [5.74, 6) is 0.832. The van der Waals surface area contributed by atoms with Crippen LogP contribution in [0.25, 0.3) is 0 Å². The van der Waals surface area contributed by atoms with Crippen LogP contribution in [0.2, 0.25) is 0 Å². The predicted octanol–water partition coefficient (Wildman–Crippen LogP) is 1.33. The summed E-state index contributed by atoms with van der Waals surface area (Å²) in [5.41, 5.74) is 0.780. The van der Waals surface area contributed by atoms with Crippen molar-refractivity contribution < 1.29 is 14.6 Å². The lowest BCUT2D eigenvalue weighted by Gasteiger charge is -2.22. The van der Waals surface area contributed by atoms with Gasteiger partial charge in [-0.15, -0.1) is 0 Å². The van der Waals surface area contributed by atoms with Gasteiger partial charge in [0, 0.05) is 19.6 Å². The Morgan fingerprint density at radius 2 is 2.14 bits per heavy atom. The summed E-state index contributed by atoms with van der Waals surface area (Å²) < 4.78 is 5.14. The van der Waals surface area contributed by atoms with Crippen molar-refractivity contribution in [1.82, 2.24) is 10.2 Å². The van der Waals surface area contributed by atoms with Crippen molar-refractivity contribution in [2.45, 2.75) is 31.9 Å². The van der Waals surface area contributed by atoms with Crippen molar-refractivity contribution in [1.29, 1.82) is 0 Å². The second-order valence-electron chi connectivity index (χ2n) is 5.45. The highest BCUT2D eigenvalue weighted by atomic mass is 16.5. The Hall–Kier alpha value is -1.59. The summed E-state index contributed by atoms with van der Waals surface area (Å²) in [7, 11) is 1.60. The molecule has 5 nitrogen and oxygen atoms in total. The standard InChI is InChI=1S/C16H24N2O3/c1-12(16(20)18-8-3-4-9-18)17-11-15(19)13-6-5-7-14(10-13)21-2/h5-7,10,12,15,17,19H,3-4,8-9,11H2,1-2H3. The third-order valence-electron chi connectivity index (χ3n) is 3.88. The highest BCUT2D eigenvalue weighted by Crippen LogP contribution is 2.18. The number of nitrogens with zero attached hydrogens (tertiary/aromatic N) is 1. The van der Waals surface area contributed by atoms with E-state index in [1.54, 1.807) is 13.2 Å². The normalized spacial score (nSPS) is 17.6. The number of aliphatic hydroxyl groups excluding tert-OH is 1. The molecular formula is C16H24N2O3. The zero-order chi connectivity index (χ0) is 15.2. The number of ether oxygens (including phenoxy) is 1. The first-order chi connectivity index (χ1) is 10.1. The number of likely N-dealkylation sites (tertiary alicyclic amines) is 1. The minimum absolute atomic E-state index is 0.116. The molecule has 1 heterocycles. The number of hydrogen-bond donors (Lipinski definition) is 2. The number of methoxy groups -OCH3 is 1. The average molecular weight is 292 g/mol. The maximum Gasteiger partial charge on any atom is 0.239 e. The molecule has 0 aromatic heterocycles. The Balaban J connectivity index is 1.84. The molecule has 0 saturated carbocycles. The van der Waals surface area contributed by atoms with E-state index in [0.717, 1.165) is 31.5 Å². The van der Waals surface area contributed by atoms with Crippen molar-refractivity contribution in [3.63, 3.8) is 0 Å². The maximum absolute atomic E-state index is 12.2. The van der Waals surface area contributed by atoms with E-state index >= 15 is 0 Å². The van der Waals surface area contributed by atoms with Gasteiger partial charge in [-0.05, 0) is 37.5 Å². The molecule has 2 N–H and O–H groups in total. The summed E-state index contributed by atoms with van der Waals surface area (Å²) in [5, 5.41) is 13.3. The molecule has 2 unspecified atom stereocenters. The Morgan fingerprint density at radius 3 is 2.81 bits per heavy atom. The summed E-state index contributed by atoms with van der Waals surface area (Å²) in [6.07, 6.45) is 1.52. The first-order valence-electron chi connectivity index (χ1n) is 7.46. The van der Waals surface area contributed by atoms with E-state index in [1.807, 2.05) is 30.0 Å². The Kier molecular flexibility index (Phi) is 5.59. The van der Waals surface area contributed by atoms with Gasteiger partial charge in [-0.25, -0.2) is 0 Å². The van der Waals surface area contributed by atoms with E-state index in [1.165, 1.54) is 0 Å². The highest BCUT2D eigenvalue weighted by Gasteiger charge is 2.23. The lowest BCUT2D eigenvalue weighted by molar-refractivity contribution is -0.132. The minimum atomic E-state index is -0.658. The molecule has 2 rings (SSSR count). The van der Waals surface area contributed by atoms with Crippen LogP contribution >= 0.6 is 0 Å². The van der Waals surface area contributed by atoms with Gasteiger partial charge >= 0.3 is 0 Å². The van der Waals surface area contributed by atoms with E-state index < -0.39 is 6.10 Å². The quantitative estimate of drug-likeness (QED) is 0.830. The van der Waals surface area contributed by atoms with E-state index in [2.05, 4.69) is 5.32 Å². The molecule has 1 aliphatic heterocycles. The Labute approximate surface area is 125 Å². The molecular weight excluding hydrogens is 268 g/mol. The van der Waals surface area contributed by atoms with Gasteiger partial charge in [0.15, 0.2) is 0 Å². The molecule has 1 aliphatic rings. The summed E-state index contributed by atoms with van der Waals surface area (Å²) in [4.78, 5) is 14.0. The fraction of sp³-hybridized carbons (Fsp3) is 0.562. The second-order valence-corrected chi connectivity index (χ2v) is 5.45. The number of rotatable bonds is 6. The van der Waals surface area contributed by atoms with Gasteiger partial charge in [-0.3, -0.25) is 4.79 Å². The fourth-order valence-corrected chi connectivity index (χ4v) is 2.55. The van der Waals surface area contributed by atoms with Gasteiger partial charge in [-0.1, -0.05) is 12.1 Å². The lowest BCUT2D eigenvalue weighted by atomic mass is 10.1. The molecule has 0 bridgehead atoms. The van der Waals surface area contributed by atoms with Crippen LogP contribution in [-0.4, -0.2) is 48.7 Å². The molecule has 21 heavy (non-hydrogen) atoms. The molecule has 1 fully saturated rings. The Morgan fingerprint density at radius 1 is 1.43 bits per heavy atom. The number of carbonyl (C=O) groups is 1. The molecule has 0 spiro atoms. The van der Waals surface area contributed by atoms with Gasteiger partial charge < -0.3 is 20.1 Å². The van der Waals surface area contributed by atoms with Crippen LogP contribution in [0, 0.1) is 0 Å². The molecule has 5 heteroatoms. The molecule has 1 aromatic rings. The number of nitrogens with one attached hydrogen (secondary N) is 1. The molecule has 116 valence electrons. The van der Waals surface area contributed by atoms with Gasteiger partial charge in [0.2, 0.25) is 5.91 Å². The summed E-state index contributed by atoms with van der Waals surface area (Å²) in [6.45, 7) is 3.89. The molecule has 1 aromatic carbocycles. The first-order valence-corrected chi connectivity index (χ1v) is 7.46. The van der Waals surface area contributed by atoms with E-state index in [9.17, 15) is 9.90 Å². The smallest absolute Gasteiger partial charge is 0.239 e. The largest absolute Gasteiger partial charge is 0.497 e. The topological polar surface area (TPSA) is 61.8 Å². The average Bonchev–Trinajstić information content (AvgIpc) is 3.05. The number of benzene rings is 1. The maximum atomic E-state index is 12.2. The fourth-order valence-electron chi connectivity index (χ4n) is 2.55. The van der Waals surface area contributed by atoms with Crippen LogP contribution in [-0.2, 0) is 4.79 Å². The number of carbonyl (C=O) groups excluding carboxylic acids is 1. The molecule has 0 aliphatic carbocycles. The Bertz CT molecular complexity index is 472. The van der Waals surface area contributed by atoms with Crippen molar-refractivity contribution >= 4 is 5.91 Å². The van der Waals surface area contributed by atoms with E-state index in [0.29, 0.717) is 12.3 Å². The molecule has 2 atom stereocenters. The van der Waals surface area contributed by atoms with Crippen LogP contribution in [0.1, 0.15) is 31.4 Å². The first kappa shape index (κ1) is 15.8. The highest BCUT2D eigenvalue weighted by molar-refractivity contribution is 5.81. The molecule has 1 amide bonds. The van der Waals surface area contributed by atoms with Crippen molar-refractivity contribution in [2.24, 2.45) is 0 Å². The van der Waals surface area contributed by atoms with Crippen LogP contribution in [0.15, 0.2) is 24.3 Å². The van der Waals surface area contributed by atoms with Crippen molar-refractivity contribution in [2.75, 3.05) is 26.7 Å². The predicted molar refractivity (Wildman–Crippen MR) is 81.2 cm³/mol. The van der Waals surface area contributed by atoms with Crippen LogP contribution in [0.5, 0.6) is 5.75 Å². The van der Waals surface area contributed by atoms with Crippen LogP contribution in [0.4, 0.5) is 0 Å². The monoisotopic (exact) mass is 292 g/mol. The van der Waals surface area contributed by atoms with Crippen LogP contribution < -0.4 is 10.1 Å². The third kappa shape index (κ3) is 4.19. The molecule has 0 radical (unpaired) electrons. The number of aliphatic hydroxyl groups is 1. The minimum Gasteiger partial charge on any atom is -0.497 e. The van der Waals surface area contributed by atoms with Gasteiger partial charge in [0.1, 0.15) is 5.75 Å². The van der Waals surface area contributed by atoms with E-state index in [4.69, 9.17) is 4.74 Å². The van der Waals surface area contributed by atoms with Gasteiger partial charge in [-0.2, -0.15) is 0 Å². The van der Waals surface area contributed by atoms with E-state index in [-0.39, 0.29) is 11.9 Å². The lowest BCUT2D eigenvalue weighted by Crippen LogP contribution is -2.44. The SMILES string of the molecule is COc1cccc(C(O)CNC(C)C(=O)N2CCCC2)c1. The number of hydrogen-bond acceptors (Lipinski definition) is 4. The van der Waals surface area contributed by atoms with Gasteiger partial charge in [0.25, 0.3) is 0 Å². The van der Waals surface area contributed by atoms with Gasteiger partial charge in [0.05, 0.1) is 19.3 Å². The zero-order valence-corrected chi connectivity index (χ0v) is 12.7. The van der Waals surface area contributed by atoms with Crippen LogP contribution in [0.3, 0.4) is 0 Å². The second kappa shape index (κ2) is 7.43. The summed E-state index contributed by atoms with van der Waals surface area (Å²) >= 11 is 0.